The average Bonchev–Trinajstić information content (AvgIpc) is 2.98. The minimum absolute atomic E-state index is 0.0104. The van der Waals surface area contributed by atoms with Crippen molar-refractivity contribution in [2.24, 2.45) is 0 Å². The third-order valence-electron chi connectivity index (χ3n) is 4.65. The van der Waals surface area contributed by atoms with E-state index in [4.69, 9.17) is 9.26 Å². The lowest BCUT2D eigenvalue weighted by atomic mass is 10.1. The molecule has 2 amide bonds. The smallest absolute Gasteiger partial charge is 0.260 e. The number of aromatic nitrogens is 1. The van der Waals surface area contributed by atoms with E-state index in [1.54, 1.807) is 9.80 Å². The lowest BCUT2D eigenvalue weighted by Gasteiger charge is -2.34. The second-order valence-electron chi connectivity index (χ2n) is 6.49. The number of carbonyl (C=O) groups excluding carboxylic acids is 2. The van der Waals surface area contributed by atoms with Crippen molar-refractivity contribution in [1.82, 2.24) is 15.0 Å². The lowest BCUT2D eigenvalue weighted by molar-refractivity contribution is -0.140. The maximum absolute atomic E-state index is 12.5. The number of piperazine rings is 1. The van der Waals surface area contributed by atoms with Gasteiger partial charge in [0.2, 0.25) is 5.91 Å². The predicted molar refractivity (Wildman–Crippen MR) is 102 cm³/mol. The average molecular weight is 436 g/mol. The van der Waals surface area contributed by atoms with Crippen LogP contribution in [-0.2, 0) is 16.0 Å². The van der Waals surface area contributed by atoms with Crippen LogP contribution in [0.1, 0.15) is 17.0 Å². The standard InChI is InChI=1S/C19H22BrN3O4/c1-13-17(14(2)27-21-13)11-18(24)22-6-8-23(9-7-22)19(25)12-26-16-5-3-4-15(20)10-16/h3-5,10H,6-9,11-12H2,1-2H3. The number of nitrogens with zero attached hydrogens (tertiary/aromatic N) is 3. The van der Waals surface area contributed by atoms with Crippen molar-refractivity contribution in [1.29, 1.82) is 0 Å². The Hall–Kier alpha value is -2.35. The fourth-order valence-electron chi connectivity index (χ4n) is 3.02. The molecule has 0 aliphatic carbocycles. The van der Waals surface area contributed by atoms with Gasteiger partial charge in [-0.1, -0.05) is 27.2 Å². The molecule has 1 aromatic carbocycles. The molecule has 2 heterocycles. The second-order valence-corrected chi connectivity index (χ2v) is 7.40. The van der Waals surface area contributed by atoms with Crippen LogP contribution in [0, 0.1) is 13.8 Å². The number of benzene rings is 1. The van der Waals surface area contributed by atoms with E-state index in [2.05, 4.69) is 21.1 Å². The second kappa shape index (κ2) is 8.56. The monoisotopic (exact) mass is 435 g/mol. The molecule has 1 aliphatic heterocycles. The molecule has 0 saturated carbocycles. The van der Waals surface area contributed by atoms with Gasteiger partial charge in [-0.05, 0) is 32.0 Å². The van der Waals surface area contributed by atoms with Crippen molar-refractivity contribution >= 4 is 27.7 Å². The Labute approximate surface area is 166 Å². The summed E-state index contributed by atoms with van der Waals surface area (Å²) in [6, 6.07) is 7.38. The minimum atomic E-state index is -0.0761. The molecule has 0 bridgehead atoms. The van der Waals surface area contributed by atoms with Gasteiger partial charge in [0, 0.05) is 36.2 Å². The fraction of sp³-hybridized carbons (Fsp3) is 0.421. The number of carbonyl (C=O) groups is 2. The molecule has 7 nitrogen and oxygen atoms in total. The molecule has 1 saturated heterocycles. The number of aryl methyl sites for hydroxylation is 2. The molecule has 1 fully saturated rings. The van der Waals surface area contributed by atoms with Gasteiger partial charge in [-0.3, -0.25) is 9.59 Å². The summed E-state index contributed by atoms with van der Waals surface area (Å²) in [4.78, 5) is 28.4. The number of amides is 2. The molecular formula is C19H22BrN3O4. The van der Waals surface area contributed by atoms with Gasteiger partial charge in [0.15, 0.2) is 6.61 Å². The van der Waals surface area contributed by atoms with Gasteiger partial charge >= 0.3 is 0 Å². The van der Waals surface area contributed by atoms with E-state index in [0.717, 1.165) is 15.7 Å². The zero-order valence-electron chi connectivity index (χ0n) is 15.4. The highest BCUT2D eigenvalue weighted by molar-refractivity contribution is 9.10. The van der Waals surface area contributed by atoms with E-state index < -0.39 is 0 Å². The van der Waals surface area contributed by atoms with Crippen LogP contribution in [0.15, 0.2) is 33.3 Å². The molecule has 2 aromatic rings. The summed E-state index contributed by atoms with van der Waals surface area (Å²) in [6.45, 7) is 5.69. The third kappa shape index (κ3) is 4.88. The van der Waals surface area contributed by atoms with E-state index in [9.17, 15) is 9.59 Å². The summed E-state index contributed by atoms with van der Waals surface area (Å²) in [5, 5.41) is 3.88. The molecule has 0 unspecified atom stereocenters. The molecule has 0 N–H and O–H groups in total. The molecule has 8 heteroatoms. The summed E-state index contributed by atoms with van der Waals surface area (Å²) >= 11 is 3.37. The molecule has 1 aliphatic rings. The Kier molecular flexibility index (Phi) is 6.15. The zero-order chi connectivity index (χ0) is 19.4. The Morgan fingerprint density at radius 2 is 1.81 bits per heavy atom. The van der Waals surface area contributed by atoms with Crippen LogP contribution in [0.2, 0.25) is 0 Å². The topological polar surface area (TPSA) is 75.9 Å². The molecule has 27 heavy (non-hydrogen) atoms. The maximum atomic E-state index is 12.5. The molecule has 1 aromatic heterocycles. The SMILES string of the molecule is Cc1noc(C)c1CC(=O)N1CCN(C(=O)COc2cccc(Br)c2)CC1. The molecule has 144 valence electrons. The largest absolute Gasteiger partial charge is 0.484 e. The van der Waals surface area contributed by atoms with Crippen LogP contribution >= 0.6 is 15.9 Å². The van der Waals surface area contributed by atoms with E-state index >= 15 is 0 Å². The van der Waals surface area contributed by atoms with Crippen LogP contribution in [0.25, 0.3) is 0 Å². The first kappa shape index (κ1) is 19.4. The van der Waals surface area contributed by atoms with Gasteiger partial charge in [0.05, 0.1) is 12.1 Å². The van der Waals surface area contributed by atoms with Crippen molar-refractivity contribution in [3.8, 4) is 5.75 Å². The number of ether oxygens (including phenoxy) is 1. The van der Waals surface area contributed by atoms with E-state index in [1.165, 1.54) is 0 Å². The van der Waals surface area contributed by atoms with Crippen LogP contribution in [0.5, 0.6) is 5.75 Å². The van der Waals surface area contributed by atoms with Crippen molar-refractivity contribution < 1.29 is 18.8 Å². The van der Waals surface area contributed by atoms with Gasteiger partial charge < -0.3 is 19.1 Å². The molecular weight excluding hydrogens is 414 g/mol. The summed E-state index contributed by atoms with van der Waals surface area (Å²) in [7, 11) is 0. The van der Waals surface area contributed by atoms with Crippen LogP contribution < -0.4 is 4.74 Å². The molecule has 0 spiro atoms. The number of hydrogen-bond donors (Lipinski definition) is 0. The molecule has 0 atom stereocenters. The first-order valence-corrected chi connectivity index (χ1v) is 9.59. The quantitative estimate of drug-likeness (QED) is 0.720. The highest BCUT2D eigenvalue weighted by Gasteiger charge is 2.25. The number of hydrogen-bond acceptors (Lipinski definition) is 5. The fourth-order valence-corrected chi connectivity index (χ4v) is 3.39. The Balaban J connectivity index is 1.46. The van der Waals surface area contributed by atoms with E-state index in [-0.39, 0.29) is 24.8 Å². The van der Waals surface area contributed by atoms with E-state index in [1.807, 2.05) is 38.1 Å². The Bertz CT molecular complexity index is 809. The zero-order valence-corrected chi connectivity index (χ0v) is 17.0. The highest BCUT2D eigenvalue weighted by atomic mass is 79.9. The lowest BCUT2D eigenvalue weighted by Crippen LogP contribution is -2.52. The third-order valence-corrected chi connectivity index (χ3v) is 5.15. The van der Waals surface area contributed by atoms with Gasteiger partial charge in [0.25, 0.3) is 5.91 Å². The van der Waals surface area contributed by atoms with Crippen molar-refractivity contribution in [2.75, 3.05) is 32.8 Å². The van der Waals surface area contributed by atoms with Gasteiger partial charge in [-0.2, -0.15) is 0 Å². The normalized spacial score (nSPS) is 14.3. The molecule has 0 radical (unpaired) electrons. The Morgan fingerprint density at radius 1 is 1.15 bits per heavy atom. The highest BCUT2D eigenvalue weighted by Crippen LogP contribution is 2.18. The minimum Gasteiger partial charge on any atom is -0.484 e. The van der Waals surface area contributed by atoms with Crippen LogP contribution in [-0.4, -0.2) is 59.6 Å². The maximum Gasteiger partial charge on any atom is 0.260 e. The van der Waals surface area contributed by atoms with Crippen molar-refractivity contribution in [3.05, 3.63) is 45.8 Å². The van der Waals surface area contributed by atoms with Crippen LogP contribution in [0.4, 0.5) is 0 Å². The van der Waals surface area contributed by atoms with Gasteiger partial charge in [-0.15, -0.1) is 0 Å². The number of halogens is 1. The van der Waals surface area contributed by atoms with E-state index in [0.29, 0.717) is 37.7 Å². The van der Waals surface area contributed by atoms with Gasteiger partial charge in [0.1, 0.15) is 11.5 Å². The summed E-state index contributed by atoms with van der Waals surface area (Å²) in [6.07, 6.45) is 0.279. The first-order valence-electron chi connectivity index (χ1n) is 8.79. The number of rotatable bonds is 5. The predicted octanol–water partition coefficient (Wildman–Crippen LogP) is 2.35. The summed E-state index contributed by atoms with van der Waals surface area (Å²) in [5.41, 5.74) is 1.60. The molecule has 3 rings (SSSR count). The van der Waals surface area contributed by atoms with Crippen molar-refractivity contribution in [3.63, 3.8) is 0 Å². The summed E-state index contributed by atoms with van der Waals surface area (Å²) in [5.74, 6) is 1.28. The first-order chi connectivity index (χ1) is 12.9. The Morgan fingerprint density at radius 3 is 2.41 bits per heavy atom. The van der Waals surface area contributed by atoms with Gasteiger partial charge in [-0.25, -0.2) is 0 Å². The van der Waals surface area contributed by atoms with Crippen molar-refractivity contribution in [2.45, 2.75) is 20.3 Å². The van der Waals surface area contributed by atoms with Crippen LogP contribution in [0.3, 0.4) is 0 Å². The summed E-state index contributed by atoms with van der Waals surface area (Å²) < 4.78 is 11.6.